The lowest BCUT2D eigenvalue weighted by Gasteiger charge is -2.42. The molecule has 11 atom stereocenters. The fraction of sp³-hybridized carbons (Fsp3) is 0.737. The van der Waals surface area contributed by atoms with Crippen LogP contribution in [0.5, 0.6) is 0 Å². The summed E-state index contributed by atoms with van der Waals surface area (Å²) in [5.41, 5.74) is 0. The Kier molecular flexibility index (Phi) is 39.4. The highest BCUT2D eigenvalue weighted by Crippen LogP contribution is 2.26. The minimum atomic E-state index is -1.72. The molecule has 0 aliphatic carbocycles. The number of aliphatic hydroxyl groups excluding tert-OH is 7. The van der Waals surface area contributed by atoms with Gasteiger partial charge in [0.1, 0.15) is 54.9 Å². The normalized spacial score (nSPS) is 26.0. The van der Waals surface area contributed by atoms with E-state index < -0.39 is 86.7 Å². The molecule has 71 heavy (non-hydrogen) atoms. The van der Waals surface area contributed by atoms with E-state index in [0.717, 1.165) is 109 Å². The zero-order chi connectivity index (χ0) is 51.6. The second-order valence-electron chi connectivity index (χ2n) is 18.7. The van der Waals surface area contributed by atoms with Crippen LogP contribution in [0.25, 0.3) is 0 Å². The van der Waals surface area contributed by atoms with Crippen LogP contribution < -0.4 is 0 Å². The standard InChI is InChI=1S/C57H96O14/c1-3-5-7-9-11-13-15-17-18-19-20-21-22-23-24-25-26-27-29-31-33-35-37-39-41-66-43-46(69-49(59)40-38-36-34-32-30-28-16-14-12-10-8-6-4-2)44-67-56-55(65)53(63)51(61)48(71-56)45-68-57-54(64)52(62)50(60)47(42-58)70-57/h5,7-8,10-11,13-14,16-18,20-21,23-24,46-48,50-58,60-65H,3-4,6,9,12,15,19,22,25-45H2,1-2H3/b7-5-,10-8-,13-11-,16-14-,18-17-,21-20-,24-23-. The largest absolute Gasteiger partial charge is 0.457 e. The summed E-state index contributed by atoms with van der Waals surface area (Å²) in [4.78, 5) is 13.0. The van der Waals surface area contributed by atoms with E-state index >= 15 is 0 Å². The van der Waals surface area contributed by atoms with Gasteiger partial charge in [-0.2, -0.15) is 0 Å². The van der Waals surface area contributed by atoms with Crippen molar-refractivity contribution in [1.29, 1.82) is 0 Å². The molecule has 2 rings (SSSR count). The molecule has 7 N–H and O–H groups in total. The van der Waals surface area contributed by atoms with Gasteiger partial charge in [-0.05, 0) is 83.5 Å². The maximum Gasteiger partial charge on any atom is 0.306 e. The second kappa shape index (κ2) is 43.6. The Morgan fingerprint density at radius 1 is 0.479 bits per heavy atom. The van der Waals surface area contributed by atoms with Crippen LogP contribution in [0.4, 0.5) is 0 Å². The Balaban J connectivity index is 1.72. The third kappa shape index (κ3) is 30.8. The number of ether oxygens (including phenoxy) is 6. The first kappa shape index (κ1) is 64.3. The second-order valence-corrected chi connectivity index (χ2v) is 18.7. The molecule has 0 aromatic heterocycles. The van der Waals surface area contributed by atoms with Crippen molar-refractivity contribution < 1.29 is 69.0 Å². The Labute approximate surface area is 427 Å². The minimum Gasteiger partial charge on any atom is -0.457 e. The first-order valence-corrected chi connectivity index (χ1v) is 27.2. The van der Waals surface area contributed by atoms with Gasteiger partial charge in [0.05, 0.1) is 26.4 Å². The fourth-order valence-corrected chi connectivity index (χ4v) is 8.00. The predicted molar refractivity (Wildman–Crippen MR) is 279 cm³/mol. The molecule has 0 aromatic carbocycles. The highest BCUT2D eigenvalue weighted by molar-refractivity contribution is 5.69. The smallest absolute Gasteiger partial charge is 0.306 e. The van der Waals surface area contributed by atoms with Gasteiger partial charge in [-0.1, -0.05) is 163 Å². The van der Waals surface area contributed by atoms with Crippen LogP contribution in [0.1, 0.15) is 168 Å². The van der Waals surface area contributed by atoms with Crippen LogP contribution in [0.3, 0.4) is 0 Å². The van der Waals surface area contributed by atoms with Gasteiger partial charge in [-0.15, -0.1) is 0 Å². The average Bonchev–Trinajstić information content (AvgIpc) is 3.37. The molecule has 2 fully saturated rings. The van der Waals surface area contributed by atoms with E-state index in [1.54, 1.807) is 0 Å². The SMILES string of the molecule is CC/C=C\C/C=C\C/C=C\C/C=C\C/C=C\CCCCCCCCCCOCC(COC1OC(COC2OC(CO)C(O)C(O)C2O)C(O)C(O)C1O)OC(=O)CCCCCCC/C=C\C/C=C\CCC. The summed E-state index contributed by atoms with van der Waals surface area (Å²) < 4.78 is 34.3. The van der Waals surface area contributed by atoms with E-state index in [2.05, 4.69) is 98.9 Å². The van der Waals surface area contributed by atoms with E-state index in [-0.39, 0.29) is 19.6 Å². The first-order valence-electron chi connectivity index (χ1n) is 27.2. The Morgan fingerprint density at radius 3 is 1.44 bits per heavy atom. The summed E-state index contributed by atoms with van der Waals surface area (Å²) in [6.45, 7) is 3.45. The van der Waals surface area contributed by atoms with Crippen molar-refractivity contribution in [2.45, 2.75) is 235 Å². The summed E-state index contributed by atoms with van der Waals surface area (Å²) >= 11 is 0. The van der Waals surface area contributed by atoms with Crippen LogP contribution in [-0.2, 0) is 33.2 Å². The molecule has 408 valence electrons. The van der Waals surface area contributed by atoms with Crippen LogP contribution >= 0.6 is 0 Å². The molecule has 2 heterocycles. The lowest BCUT2D eigenvalue weighted by atomic mass is 9.98. The van der Waals surface area contributed by atoms with Crippen molar-refractivity contribution in [1.82, 2.24) is 0 Å². The number of carbonyl (C=O) groups is 1. The van der Waals surface area contributed by atoms with E-state index in [0.29, 0.717) is 13.0 Å². The summed E-state index contributed by atoms with van der Waals surface area (Å²) in [5, 5.41) is 72.2. The van der Waals surface area contributed by atoms with Crippen molar-refractivity contribution in [2.75, 3.05) is 33.0 Å². The van der Waals surface area contributed by atoms with E-state index in [1.807, 2.05) is 0 Å². The minimum absolute atomic E-state index is 0.0448. The highest BCUT2D eigenvalue weighted by Gasteiger charge is 2.47. The monoisotopic (exact) mass is 1000 g/mol. The molecule has 0 aromatic rings. The number of carbonyl (C=O) groups excluding carboxylic acids is 1. The summed E-state index contributed by atoms with van der Waals surface area (Å²) in [6.07, 6.45) is 39.3. The van der Waals surface area contributed by atoms with Gasteiger partial charge in [-0.25, -0.2) is 0 Å². The molecule has 0 bridgehead atoms. The van der Waals surface area contributed by atoms with Crippen molar-refractivity contribution in [3.63, 3.8) is 0 Å². The zero-order valence-corrected chi connectivity index (χ0v) is 43.4. The van der Waals surface area contributed by atoms with Crippen molar-refractivity contribution in [3.05, 3.63) is 85.1 Å². The van der Waals surface area contributed by atoms with Crippen LogP contribution in [0.15, 0.2) is 85.1 Å². The topological polar surface area (TPSA) is 214 Å². The van der Waals surface area contributed by atoms with Crippen LogP contribution in [0, 0.1) is 0 Å². The number of aliphatic hydroxyl groups is 7. The molecule has 2 saturated heterocycles. The lowest BCUT2D eigenvalue weighted by molar-refractivity contribution is -0.332. The van der Waals surface area contributed by atoms with Crippen LogP contribution in [0.2, 0.25) is 0 Å². The number of esters is 1. The molecular formula is C57H96O14. The van der Waals surface area contributed by atoms with Gasteiger partial charge >= 0.3 is 5.97 Å². The molecule has 0 spiro atoms. The fourth-order valence-electron chi connectivity index (χ4n) is 8.00. The third-order valence-corrected chi connectivity index (χ3v) is 12.4. The van der Waals surface area contributed by atoms with Gasteiger partial charge in [0, 0.05) is 13.0 Å². The molecule has 0 amide bonds. The number of hydrogen-bond acceptors (Lipinski definition) is 14. The molecule has 14 nitrogen and oxygen atoms in total. The molecule has 14 heteroatoms. The van der Waals surface area contributed by atoms with Crippen molar-refractivity contribution in [3.8, 4) is 0 Å². The highest BCUT2D eigenvalue weighted by atomic mass is 16.7. The maximum absolute atomic E-state index is 13.0. The number of allylic oxidation sites excluding steroid dienone is 14. The van der Waals surface area contributed by atoms with Crippen molar-refractivity contribution >= 4 is 5.97 Å². The van der Waals surface area contributed by atoms with Gasteiger partial charge in [0.15, 0.2) is 12.6 Å². The summed E-state index contributed by atoms with van der Waals surface area (Å²) in [6, 6.07) is 0. The van der Waals surface area contributed by atoms with Crippen molar-refractivity contribution in [2.24, 2.45) is 0 Å². The zero-order valence-electron chi connectivity index (χ0n) is 43.4. The molecule has 2 aliphatic heterocycles. The molecule has 0 saturated carbocycles. The number of unbranched alkanes of at least 4 members (excludes halogenated alkanes) is 14. The maximum atomic E-state index is 13.0. The molecule has 11 unspecified atom stereocenters. The molecule has 2 aliphatic rings. The van der Waals surface area contributed by atoms with E-state index in [1.165, 1.54) is 32.1 Å². The quantitative estimate of drug-likeness (QED) is 0.0173. The number of rotatable bonds is 42. The number of hydrogen-bond donors (Lipinski definition) is 7. The van der Waals surface area contributed by atoms with E-state index in [4.69, 9.17) is 28.4 Å². The summed E-state index contributed by atoms with van der Waals surface area (Å²) in [5.74, 6) is -0.398. The molecule has 0 radical (unpaired) electrons. The van der Waals surface area contributed by atoms with Gasteiger partial charge < -0.3 is 64.2 Å². The Hall–Kier alpha value is -2.83. The summed E-state index contributed by atoms with van der Waals surface area (Å²) in [7, 11) is 0. The lowest BCUT2D eigenvalue weighted by Crippen LogP contribution is -2.61. The average molecular weight is 1010 g/mol. The molecular weight excluding hydrogens is 909 g/mol. The van der Waals surface area contributed by atoms with Gasteiger partial charge in [0.2, 0.25) is 0 Å². The Morgan fingerprint density at radius 2 is 0.915 bits per heavy atom. The third-order valence-electron chi connectivity index (χ3n) is 12.4. The van der Waals surface area contributed by atoms with E-state index in [9.17, 15) is 40.5 Å². The Bertz CT molecular complexity index is 1490. The van der Waals surface area contributed by atoms with Crippen LogP contribution in [-0.4, -0.2) is 142 Å². The predicted octanol–water partition coefficient (Wildman–Crippen LogP) is 8.85. The van der Waals surface area contributed by atoms with Gasteiger partial charge in [0.25, 0.3) is 0 Å². The van der Waals surface area contributed by atoms with Gasteiger partial charge in [-0.3, -0.25) is 4.79 Å². The first-order chi connectivity index (χ1) is 34.6.